The average molecular weight is 273 g/mol. The fourth-order valence-corrected chi connectivity index (χ4v) is 2.87. The van der Waals surface area contributed by atoms with Gasteiger partial charge in [0.2, 0.25) is 5.91 Å². The lowest BCUT2D eigenvalue weighted by Crippen LogP contribution is -2.66. The average Bonchev–Trinajstić information content (AvgIpc) is 2.39. The lowest BCUT2D eigenvalue weighted by molar-refractivity contribution is -0.158. The standard InChI is InChI=1S/C12H19NO6/c14-9-5-8(12(9)1-3-18-4-2-12)13-10(15)6-19-7-11(16)17/h8-9,14H,1-7H2,(H,13,15)(H,16,17). The number of carboxylic acid groups (broad SMARTS) is 1. The Bertz CT molecular complexity index is 352. The SMILES string of the molecule is O=C(O)COCC(=O)NC1CC(O)C12CCOCC2. The Morgan fingerprint density at radius 1 is 1.32 bits per heavy atom. The quantitative estimate of drug-likeness (QED) is 0.601. The van der Waals surface area contributed by atoms with Gasteiger partial charge in [-0.3, -0.25) is 4.79 Å². The molecule has 19 heavy (non-hydrogen) atoms. The van der Waals surface area contributed by atoms with E-state index in [1.807, 2.05) is 0 Å². The molecular weight excluding hydrogens is 254 g/mol. The fraction of sp³-hybridized carbons (Fsp3) is 0.833. The Kier molecular flexibility index (Phi) is 4.38. The van der Waals surface area contributed by atoms with Gasteiger partial charge in [0.15, 0.2) is 0 Å². The van der Waals surface area contributed by atoms with Gasteiger partial charge < -0.3 is 25.0 Å². The molecule has 0 aromatic heterocycles. The maximum absolute atomic E-state index is 11.6. The van der Waals surface area contributed by atoms with Crippen LogP contribution in [0.2, 0.25) is 0 Å². The summed E-state index contributed by atoms with van der Waals surface area (Å²) in [6.07, 6.45) is 1.59. The van der Waals surface area contributed by atoms with Crippen molar-refractivity contribution in [2.24, 2.45) is 5.41 Å². The van der Waals surface area contributed by atoms with Crippen LogP contribution in [0.1, 0.15) is 19.3 Å². The summed E-state index contributed by atoms with van der Waals surface area (Å²) >= 11 is 0. The molecule has 7 nitrogen and oxygen atoms in total. The molecule has 0 aromatic rings. The first-order chi connectivity index (χ1) is 9.04. The molecule has 1 spiro atoms. The van der Waals surface area contributed by atoms with Crippen molar-refractivity contribution in [1.82, 2.24) is 5.32 Å². The number of amides is 1. The third-order valence-electron chi connectivity index (χ3n) is 4.03. The van der Waals surface area contributed by atoms with Gasteiger partial charge in [0, 0.05) is 24.7 Å². The number of ether oxygens (including phenoxy) is 2. The van der Waals surface area contributed by atoms with Crippen molar-refractivity contribution >= 4 is 11.9 Å². The molecule has 0 aromatic carbocycles. The number of carbonyl (C=O) groups is 2. The molecule has 2 unspecified atom stereocenters. The van der Waals surface area contributed by atoms with Crippen LogP contribution in [0.5, 0.6) is 0 Å². The predicted molar refractivity (Wildman–Crippen MR) is 63.5 cm³/mol. The molecule has 1 saturated heterocycles. The van der Waals surface area contributed by atoms with Crippen molar-refractivity contribution < 1.29 is 29.3 Å². The highest BCUT2D eigenvalue weighted by Crippen LogP contribution is 2.48. The molecule has 2 aliphatic rings. The van der Waals surface area contributed by atoms with Gasteiger partial charge in [-0.25, -0.2) is 4.79 Å². The summed E-state index contributed by atoms with van der Waals surface area (Å²) in [6.45, 7) is 0.434. The zero-order valence-corrected chi connectivity index (χ0v) is 10.6. The van der Waals surface area contributed by atoms with E-state index in [0.29, 0.717) is 19.6 Å². The number of carboxylic acids is 1. The second-order valence-electron chi connectivity index (χ2n) is 5.10. The summed E-state index contributed by atoms with van der Waals surface area (Å²) in [5.74, 6) is -1.45. The molecule has 0 radical (unpaired) electrons. The first kappa shape index (κ1) is 14.2. The summed E-state index contributed by atoms with van der Waals surface area (Å²) in [7, 11) is 0. The molecule has 1 amide bonds. The molecule has 1 aliphatic carbocycles. The minimum atomic E-state index is -1.10. The minimum Gasteiger partial charge on any atom is -0.480 e. The molecule has 2 atom stereocenters. The van der Waals surface area contributed by atoms with Crippen LogP contribution in [0.15, 0.2) is 0 Å². The van der Waals surface area contributed by atoms with Gasteiger partial charge in [-0.05, 0) is 19.3 Å². The Labute approximate surface area is 110 Å². The monoisotopic (exact) mass is 273 g/mol. The Morgan fingerprint density at radius 3 is 2.58 bits per heavy atom. The number of hydrogen-bond acceptors (Lipinski definition) is 5. The Morgan fingerprint density at radius 2 is 2.00 bits per heavy atom. The van der Waals surface area contributed by atoms with E-state index in [0.717, 1.165) is 12.8 Å². The van der Waals surface area contributed by atoms with Gasteiger partial charge in [0.25, 0.3) is 0 Å². The van der Waals surface area contributed by atoms with E-state index in [1.165, 1.54) is 0 Å². The highest BCUT2D eigenvalue weighted by atomic mass is 16.5. The van der Waals surface area contributed by atoms with E-state index < -0.39 is 18.7 Å². The first-order valence-corrected chi connectivity index (χ1v) is 6.39. The zero-order chi connectivity index (χ0) is 13.9. The number of aliphatic hydroxyl groups is 1. The second kappa shape index (κ2) is 5.85. The van der Waals surface area contributed by atoms with Crippen molar-refractivity contribution in [3.8, 4) is 0 Å². The molecule has 1 saturated carbocycles. The molecule has 2 fully saturated rings. The summed E-state index contributed by atoms with van der Waals surface area (Å²) in [5.41, 5.74) is -0.277. The van der Waals surface area contributed by atoms with E-state index in [9.17, 15) is 14.7 Å². The molecule has 1 aliphatic heterocycles. The van der Waals surface area contributed by atoms with Gasteiger partial charge in [-0.2, -0.15) is 0 Å². The number of carbonyl (C=O) groups excluding carboxylic acids is 1. The maximum atomic E-state index is 11.6. The van der Waals surface area contributed by atoms with E-state index in [1.54, 1.807) is 0 Å². The third kappa shape index (κ3) is 3.05. The van der Waals surface area contributed by atoms with Crippen molar-refractivity contribution in [3.05, 3.63) is 0 Å². The molecule has 7 heteroatoms. The highest BCUT2D eigenvalue weighted by molar-refractivity contribution is 5.78. The van der Waals surface area contributed by atoms with E-state index >= 15 is 0 Å². The van der Waals surface area contributed by atoms with Crippen molar-refractivity contribution in [2.75, 3.05) is 26.4 Å². The predicted octanol–water partition coefficient (Wildman–Crippen LogP) is -0.866. The second-order valence-corrected chi connectivity index (χ2v) is 5.10. The van der Waals surface area contributed by atoms with Crippen LogP contribution in [-0.4, -0.2) is 60.7 Å². The van der Waals surface area contributed by atoms with Gasteiger partial charge in [0.05, 0.1) is 6.10 Å². The van der Waals surface area contributed by atoms with Crippen molar-refractivity contribution in [3.63, 3.8) is 0 Å². The zero-order valence-electron chi connectivity index (χ0n) is 10.6. The van der Waals surface area contributed by atoms with Crippen LogP contribution < -0.4 is 5.32 Å². The fourth-order valence-electron chi connectivity index (χ4n) is 2.87. The molecule has 0 bridgehead atoms. The Hall–Kier alpha value is -1.18. The smallest absolute Gasteiger partial charge is 0.329 e. The van der Waals surface area contributed by atoms with Crippen LogP contribution >= 0.6 is 0 Å². The Balaban J connectivity index is 1.79. The summed E-state index contributed by atoms with van der Waals surface area (Å²) in [5, 5.41) is 21.1. The summed E-state index contributed by atoms with van der Waals surface area (Å²) in [6, 6.07) is -0.0765. The lowest BCUT2D eigenvalue weighted by atomic mass is 9.58. The van der Waals surface area contributed by atoms with Gasteiger partial charge in [-0.1, -0.05) is 0 Å². The van der Waals surface area contributed by atoms with Gasteiger partial charge in [0.1, 0.15) is 13.2 Å². The van der Waals surface area contributed by atoms with Crippen LogP contribution in [-0.2, 0) is 19.1 Å². The molecule has 2 rings (SSSR count). The number of rotatable bonds is 5. The maximum Gasteiger partial charge on any atom is 0.329 e. The molecule has 3 N–H and O–H groups in total. The van der Waals surface area contributed by atoms with E-state index in [4.69, 9.17) is 14.6 Å². The largest absolute Gasteiger partial charge is 0.480 e. The van der Waals surface area contributed by atoms with Crippen molar-refractivity contribution in [1.29, 1.82) is 0 Å². The first-order valence-electron chi connectivity index (χ1n) is 6.39. The topological polar surface area (TPSA) is 105 Å². The van der Waals surface area contributed by atoms with Crippen LogP contribution in [0.3, 0.4) is 0 Å². The molecular formula is C12H19NO6. The summed E-state index contributed by atoms with van der Waals surface area (Å²) in [4.78, 5) is 21.9. The van der Waals surface area contributed by atoms with Crippen LogP contribution in [0.25, 0.3) is 0 Å². The third-order valence-corrected chi connectivity index (χ3v) is 4.03. The summed E-state index contributed by atoms with van der Waals surface area (Å²) < 4.78 is 10.0. The minimum absolute atomic E-state index is 0.0765. The van der Waals surface area contributed by atoms with Crippen molar-refractivity contribution in [2.45, 2.75) is 31.4 Å². The van der Waals surface area contributed by atoms with Gasteiger partial charge in [-0.15, -0.1) is 0 Å². The number of aliphatic hydroxyl groups excluding tert-OH is 1. The molecule has 108 valence electrons. The van der Waals surface area contributed by atoms with E-state index in [2.05, 4.69) is 5.32 Å². The number of hydrogen-bond donors (Lipinski definition) is 3. The van der Waals surface area contributed by atoms with Gasteiger partial charge >= 0.3 is 5.97 Å². The van der Waals surface area contributed by atoms with Crippen LogP contribution in [0, 0.1) is 5.41 Å². The van der Waals surface area contributed by atoms with E-state index in [-0.39, 0.29) is 24.0 Å². The highest BCUT2D eigenvalue weighted by Gasteiger charge is 2.55. The lowest BCUT2D eigenvalue weighted by Gasteiger charge is -2.55. The number of nitrogens with one attached hydrogen (secondary N) is 1. The van der Waals surface area contributed by atoms with Crippen LogP contribution in [0.4, 0.5) is 0 Å². The molecule has 1 heterocycles. The normalized spacial score (nSPS) is 28.7. The number of aliphatic carboxylic acids is 1.